The van der Waals surface area contributed by atoms with Gasteiger partial charge in [-0.2, -0.15) is 0 Å². The minimum atomic E-state index is -2.90. The maximum Gasteiger partial charge on any atom is 0.356 e. The first-order chi connectivity index (χ1) is 23.9. The quantitative estimate of drug-likeness (QED) is 0.0322. The molecule has 0 saturated carbocycles. The number of hydrogen-bond acceptors (Lipinski definition) is 5. The van der Waals surface area contributed by atoms with Crippen molar-refractivity contribution in [3.63, 3.8) is 0 Å². The fourth-order valence-electron chi connectivity index (χ4n) is 5.91. The number of hydrogen-bond donors (Lipinski definition) is 0. The minimum Gasteiger partial charge on any atom is -0.457 e. The van der Waals surface area contributed by atoms with Gasteiger partial charge >= 0.3 is 5.97 Å². The molecule has 9 heteroatoms. The second-order valence-corrected chi connectivity index (χ2v) is 23.8. The lowest BCUT2D eigenvalue weighted by Gasteiger charge is -2.43. The number of nitrogens with zero attached hydrogens (tertiary/aromatic N) is 1. The number of rotatable bonds is 14. The average molecular weight is 789 g/mol. The first-order valence-electron chi connectivity index (χ1n) is 16.9. The van der Waals surface area contributed by atoms with E-state index >= 15 is 0 Å². The third-order valence-corrected chi connectivity index (χ3v) is 20.2. The summed E-state index contributed by atoms with van der Waals surface area (Å²) < 4.78 is 12.3. The summed E-state index contributed by atoms with van der Waals surface area (Å²) in [5.41, 5.74) is 2.83. The maximum atomic E-state index is 14.4. The van der Waals surface area contributed by atoms with E-state index in [2.05, 4.69) is 111 Å². The van der Waals surface area contributed by atoms with Crippen LogP contribution in [0.25, 0.3) is 0 Å². The second kappa shape index (κ2) is 16.5. The lowest BCUT2D eigenvalue weighted by atomic mass is 10.1. The largest absolute Gasteiger partial charge is 0.457 e. The molecule has 1 aliphatic rings. The molecule has 0 bridgehead atoms. The van der Waals surface area contributed by atoms with Gasteiger partial charge in [-0.25, -0.2) is 4.79 Å². The van der Waals surface area contributed by atoms with Gasteiger partial charge < -0.3 is 14.1 Å². The van der Waals surface area contributed by atoms with Crippen LogP contribution < -0.4 is 15.9 Å². The predicted octanol–water partition coefficient (Wildman–Crippen LogP) is 8.30. The summed E-state index contributed by atoms with van der Waals surface area (Å²) in [6.45, 7) is 13.3. The SMILES string of the molecule is C=CCOC(=O)C(N1CC(Sc2ccc(CBr)c(CCO[Si](C)(C)C(C)(C)C)c2)C1=O)=P(c1ccccc1)(c1ccccc1)c1ccccc1. The molecule has 0 aliphatic carbocycles. The fraction of sp³-hybridized carbons (Fsp3) is 0.293. The van der Waals surface area contributed by atoms with Crippen LogP contribution in [-0.2, 0) is 30.5 Å². The van der Waals surface area contributed by atoms with Crippen LogP contribution in [0.3, 0.4) is 0 Å². The average Bonchev–Trinajstić information content (AvgIpc) is 3.12. The van der Waals surface area contributed by atoms with Crippen molar-refractivity contribution in [3.8, 4) is 0 Å². The van der Waals surface area contributed by atoms with E-state index in [1.165, 1.54) is 11.1 Å². The molecule has 1 saturated heterocycles. The van der Waals surface area contributed by atoms with Crippen molar-refractivity contribution >= 4 is 76.1 Å². The summed E-state index contributed by atoms with van der Waals surface area (Å²) >= 11 is 5.22. The normalized spacial score (nSPS) is 15.0. The summed E-state index contributed by atoms with van der Waals surface area (Å²) in [6, 6.07) is 36.7. The Morgan fingerprint density at radius 1 is 0.920 bits per heavy atom. The lowest BCUT2D eigenvalue weighted by Crippen LogP contribution is -2.61. The first kappa shape index (κ1) is 38.1. The third-order valence-electron chi connectivity index (χ3n) is 9.65. The van der Waals surface area contributed by atoms with E-state index in [0.717, 1.165) is 32.6 Å². The van der Waals surface area contributed by atoms with Gasteiger partial charge in [0.2, 0.25) is 5.91 Å². The number of thioether (sulfide) groups is 1. The number of alkyl halides is 1. The molecule has 0 N–H and O–H groups in total. The molecule has 1 aliphatic heterocycles. The van der Waals surface area contributed by atoms with E-state index < -0.39 is 21.2 Å². The maximum absolute atomic E-state index is 14.4. The number of β-lactam (4-membered cyclic amide) rings is 1. The standard InChI is InChI=1S/C41H47BrNO4PSSi/c1-7-26-46-40(45)39(48(33-17-11-8-12-18-33,34-19-13-9-14-20-34)35-21-15-10-16-22-35)43-30-37(38(43)44)49-36-24-23-32(29-42)31(28-36)25-27-47-50(5,6)41(2,3)4/h7-24,28,37H,1,25-27,29-30H2,2-6H3. The molecule has 4 aromatic rings. The Morgan fingerprint density at radius 2 is 1.46 bits per heavy atom. The minimum absolute atomic E-state index is 0.0444. The van der Waals surface area contributed by atoms with Crippen LogP contribution in [0.5, 0.6) is 0 Å². The van der Waals surface area contributed by atoms with Gasteiger partial charge in [-0.05, 0) is 63.7 Å². The Balaban J connectivity index is 1.54. The zero-order valence-electron chi connectivity index (χ0n) is 29.6. The molecular weight excluding hydrogens is 741 g/mol. The molecule has 1 unspecified atom stereocenters. The van der Waals surface area contributed by atoms with E-state index in [4.69, 9.17) is 9.16 Å². The second-order valence-electron chi connectivity index (χ2n) is 13.9. The molecule has 1 amide bonds. The van der Waals surface area contributed by atoms with E-state index in [1.54, 1.807) is 22.7 Å². The van der Waals surface area contributed by atoms with Crippen molar-refractivity contribution in [1.29, 1.82) is 0 Å². The van der Waals surface area contributed by atoms with Crippen LogP contribution >= 0.6 is 34.6 Å². The van der Waals surface area contributed by atoms with Gasteiger partial charge in [0.15, 0.2) is 8.32 Å². The molecular formula is C41H47BrNO4PSSi. The van der Waals surface area contributed by atoms with Gasteiger partial charge in [-0.3, -0.25) is 4.79 Å². The highest BCUT2D eigenvalue weighted by Gasteiger charge is 2.47. The van der Waals surface area contributed by atoms with Crippen molar-refractivity contribution in [2.45, 2.75) is 60.8 Å². The van der Waals surface area contributed by atoms with Crippen LogP contribution in [-0.4, -0.2) is 55.5 Å². The van der Waals surface area contributed by atoms with Gasteiger partial charge in [0, 0.05) is 30.3 Å². The zero-order chi connectivity index (χ0) is 35.9. The molecule has 5 rings (SSSR count). The highest BCUT2D eigenvalue weighted by atomic mass is 79.9. The van der Waals surface area contributed by atoms with Crippen molar-refractivity contribution in [1.82, 2.24) is 4.90 Å². The van der Waals surface area contributed by atoms with Crippen LogP contribution in [0.1, 0.15) is 31.9 Å². The highest BCUT2D eigenvalue weighted by Crippen LogP contribution is 2.49. The Morgan fingerprint density at radius 3 is 1.92 bits per heavy atom. The number of carbonyl (C=O) groups excluding carboxylic acids is 2. The number of amides is 1. The number of carbonyl (C=O) groups is 2. The van der Waals surface area contributed by atoms with Gasteiger partial charge in [0.25, 0.3) is 0 Å². The summed E-state index contributed by atoms with van der Waals surface area (Å²) in [6.07, 6.45) is 2.36. The Hall–Kier alpha value is -3.13. The molecule has 5 nitrogen and oxygen atoms in total. The number of benzene rings is 4. The van der Waals surface area contributed by atoms with Crippen LogP contribution in [0.2, 0.25) is 18.1 Å². The molecule has 4 aromatic carbocycles. The molecule has 0 aromatic heterocycles. The number of esters is 1. The summed E-state index contributed by atoms with van der Waals surface area (Å²) in [5, 5.41) is 3.48. The summed E-state index contributed by atoms with van der Waals surface area (Å²) in [5.74, 6) is -0.600. The smallest absolute Gasteiger partial charge is 0.356 e. The topological polar surface area (TPSA) is 55.8 Å². The fourth-order valence-corrected chi connectivity index (χ4v) is 13.0. The number of ether oxygens (including phenoxy) is 1. The number of halogens is 1. The number of likely N-dealkylation sites (tertiary alicyclic amines) is 1. The zero-order valence-corrected chi connectivity index (χ0v) is 33.9. The van der Waals surface area contributed by atoms with Crippen molar-refractivity contribution in [2.24, 2.45) is 0 Å². The van der Waals surface area contributed by atoms with Gasteiger partial charge in [0.1, 0.15) is 17.3 Å². The van der Waals surface area contributed by atoms with Gasteiger partial charge in [-0.15, -0.1) is 11.8 Å². The summed E-state index contributed by atoms with van der Waals surface area (Å²) in [7, 11) is -1.87. The monoisotopic (exact) mass is 787 g/mol. The van der Waals surface area contributed by atoms with Crippen LogP contribution in [0, 0.1) is 0 Å². The highest BCUT2D eigenvalue weighted by molar-refractivity contribution is 9.08. The van der Waals surface area contributed by atoms with E-state index in [1.807, 2.05) is 54.6 Å². The molecule has 1 atom stereocenters. The van der Waals surface area contributed by atoms with Crippen molar-refractivity contribution in [2.75, 3.05) is 19.8 Å². The third kappa shape index (κ3) is 8.00. The molecule has 1 heterocycles. The molecule has 1 fully saturated rings. The first-order valence-corrected chi connectivity index (χ1v) is 23.6. The van der Waals surface area contributed by atoms with Gasteiger partial charge in [-0.1, -0.05) is 146 Å². The van der Waals surface area contributed by atoms with Crippen LogP contribution in [0.15, 0.2) is 127 Å². The Bertz CT molecular complexity index is 1760. The Labute approximate surface area is 311 Å². The van der Waals surface area contributed by atoms with E-state index in [9.17, 15) is 9.59 Å². The molecule has 0 spiro atoms. The predicted molar refractivity (Wildman–Crippen MR) is 219 cm³/mol. The van der Waals surface area contributed by atoms with Crippen molar-refractivity contribution < 1.29 is 18.8 Å². The van der Waals surface area contributed by atoms with Crippen LogP contribution in [0.4, 0.5) is 0 Å². The lowest BCUT2D eigenvalue weighted by molar-refractivity contribution is -0.140. The molecule has 262 valence electrons. The molecule has 0 radical (unpaired) electrons. The molecule has 50 heavy (non-hydrogen) atoms. The Kier molecular flexibility index (Phi) is 12.6. The van der Waals surface area contributed by atoms with E-state index in [0.29, 0.717) is 18.6 Å². The van der Waals surface area contributed by atoms with Gasteiger partial charge in [0.05, 0.1) is 0 Å². The van der Waals surface area contributed by atoms with Crippen molar-refractivity contribution in [3.05, 3.63) is 133 Å². The summed E-state index contributed by atoms with van der Waals surface area (Å²) in [4.78, 5) is 31.4. The van der Waals surface area contributed by atoms with E-state index in [-0.39, 0.29) is 22.8 Å².